The van der Waals surface area contributed by atoms with Crippen molar-refractivity contribution in [3.63, 3.8) is 0 Å². The van der Waals surface area contributed by atoms with Gasteiger partial charge in [-0.1, -0.05) is 12.1 Å². The molecule has 0 spiro atoms. The van der Waals surface area contributed by atoms with Crippen LogP contribution >= 0.6 is 0 Å². The van der Waals surface area contributed by atoms with E-state index in [4.69, 9.17) is 4.42 Å². The van der Waals surface area contributed by atoms with Gasteiger partial charge in [-0.2, -0.15) is 0 Å². The van der Waals surface area contributed by atoms with E-state index in [1.54, 1.807) is 12.1 Å². The first-order valence-electron chi connectivity index (χ1n) is 6.48. The maximum absolute atomic E-state index is 10.6. The fourth-order valence-electron chi connectivity index (χ4n) is 2.35. The van der Waals surface area contributed by atoms with E-state index in [1.807, 2.05) is 27.0 Å². The number of aryl methyl sites for hydroxylation is 2. The normalized spacial score (nSPS) is 12.3. The quantitative estimate of drug-likeness (QED) is 0.671. The molecule has 1 aromatic carbocycles. The van der Waals surface area contributed by atoms with Crippen molar-refractivity contribution in [2.24, 2.45) is 0 Å². The second-order valence-corrected chi connectivity index (χ2v) is 4.84. The summed E-state index contributed by atoms with van der Waals surface area (Å²) in [4.78, 5) is 10.3. The van der Waals surface area contributed by atoms with Crippen molar-refractivity contribution in [1.82, 2.24) is 5.32 Å². The minimum Gasteiger partial charge on any atom is -0.466 e. The predicted octanol–water partition coefficient (Wildman–Crippen LogP) is 3.31. The van der Waals surface area contributed by atoms with Crippen LogP contribution in [-0.2, 0) is 6.42 Å². The molecule has 0 aliphatic rings. The largest absolute Gasteiger partial charge is 0.466 e. The second kappa shape index (κ2) is 5.88. The zero-order chi connectivity index (χ0) is 14.7. The van der Waals surface area contributed by atoms with Gasteiger partial charge in [-0.3, -0.25) is 10.1 Å². The Morgan fingerprint density at radius 1 is 1.30 bits per heavy atom. The number of hydrogen-bond acceptors (Lipinski definition) is 4. The highest BCUT2D eigenvalue weighted by atomic mass is 16.6. The molecule has 0 bridgehead atoms. The van der Waals surface area contributed by atoms with Crippen molar-refractivity contribution < 1.29 is 9.34 Å². The number of nitro groups is 1. The fraction of sp³-hybridized carbons (Fsp3) is 0.333. The van der Waals surface area contributed by atoms with E-state index < -0.39 is 0 Å². The van der Waals surface area contributed by atoms with Crippen molar-refractivity contribution in [2.75, 3.05) is 7.05 Å². The molecule has 1 N–H and O–H groups in total. The molecule has 0 radical (unpaired) electrons. The van der Waals surface area contributed by atoms with Gasteiger partial charge >= 0.3 is 0 Å². The van der Waals surface area contributed by atoms with E-state index in [2.05, 4.69) is 5.32 Å². The highest BCUT2D eigenvalue weighted by Gasteiger charge is 2.16. The summed E-state index contributed by atoms with van der Waals surface area (Å²) in [5.41, 5.74) is 2.29. The van der Waals surface area contributed by atoms with Crippen molar-refractivity contribution in [2.45, 2.75) is 26.3 Å². The summed E-state index contributed by atoms with van der Waals surface area (Å²) < 4.78 is 5.56. The fourth-order valence-corrected chi connectivity index (χ4v) is 2.35. The van der Waals surface area contributed by atoms with Crippen LogP contribution in [0.2, 0.25) is 0 Å². The van der Waals surface area contributed by atoms with Crippen LogP contribution in [0.3, 0.4) is 0 Å². The van der Waals surface area contributed by atoms with Gasteiger partial charge in [0.25, 0.3) is 5.69 Å². The molecule has 0 saturated carbocycles. The molecule has 106 valence electrons. The van der Waals surface area contributed by atoms with Gasteiger partial charge < -0.3 is 9.73 Å². The Hall–Kier alpha value is -2.14. The number of rotatable bonds is 5. The molecule has 2 rings (SSSR count). The summed E-state index contributed by atoms with van der Waals surface area (Å²) in [5.74, 6) is 1.80. The lowest BCUT2D eigenvalue weighted by Crippen LogP contribution is -2.19. The van der Waals surface area contributed by atoms with Gasteiger partial charge in [0.05, 0.1) is 4.92 Å². The maximum Gasteiger partial charge on any atom is 0.269 e. The van der Waals surface area contributed by atoms with E-state index >= 15 is 0 Å². The number of hydrogen-bond donors (Lipinski definition) is 1. The summed E-state index contributed by atoms with van der Waals surface area (Å²) in [7, 11) is 1.90. The predicted molar refractivity (Wildman–Crippen MR) is 76.8 cm³/mol. The van der Waals surface area contributed by atoms with Crippen LogP contribution in [0.15, 0.2) is 34.7 Å². The number of benzene rings is 1. The molecule has 0 amide bonds. The average Bonchev–Trinajstić information content (AvgIpc) is 2.75. The molecule has 0 fully saturated rings. The number of non-ortho nitro benzene ring substituents is 1. The van der Waals surface area contributed by atoms with Gasteiger partial charge in [-0.15, -0.1) is 0 Å². The number of nitro benzene ring substituents is 1. The van der Waals surface area contributed by atoms with Crippen LogP contribution in [-0.4, -0.2) is 12.0 Å². The van der Waals surface area contributed by atoms with Gasteiger partial charge in [-0.05, 0) is 38.9 Å². The van der Waals surface area contributed by atoms with Crippen molar-refractivity contribution in [3.8, 4) is 0 Å². The molecule has 1 unspecified atom stereocenters. The number of furan rings is 1. The van der Waals surface area contributed by atoms with Gasteiger partial charge in [0, 0.05) is 23.7 Å². The minimum absolute atomic E-state index is 0.116. The summed E-state index contributed by atoms with van der Waals surface area (Å²) in [6.07, 6.45) is 0.758. The van der Waals surface area contributed by atoms with Crippen LogP contribution < -0.4 is 5.32 Å². The Bertz CT molecular complexity index is 602. The first-order valence-corrected chi connectivity index (χ1v) is 6.48. The van der Waals surface area contributed by atoms with E-state index in [9.17, 15) is 10.1 Å². The molecule has 1 aromatic heterocycles. The summed E-state index contributed by atoms with van der Waals surface area (Å²) in [6.45, 7) is 3.87. The van der Waals surface area contributed by atoms with Crippen LogP contribution in [0.5, 0.6) is 0 Å². The Kier molecular flexibility index (Phi) is 4.20. The van der Waals surface area contributed by atoms with E-state index in [-0.39, 0.29) is 16.7 Å². The van der Waals surface area contributed by atoms with Crippen LogP contribution in [0.1, 0.15) is 28.7 Å². The molecular formula is C15H18N2O3. The molecule has 1 atom stereocenters. The molecule has 0 aliphatic heterocycles. The van der Waals surface area contributed by atoms with Gasteiger partial charge in [0.1, 0.15) is 11.5 Å². The SMILES string of the molecule is CNC(Cc1ccc([N+](=O)[O-])cc1)c1cc(C)oc1C. The Morgan fingerprint density at radius 3 is 2.40 bits per heavy atom. The summed E-state index contributed by atoms with van der Waals surface area (Å²) >= 11 is 0. The summed E-state index contributed by atoms with van der Waals surface area (Å²) in [5, 5.41) is 13.9. The third-order valence-electron chi connectivity index (χ3n) is 3.39. The number of likely N-dealkylation sites (N-methyl/N-ethyl adjacent to an activating group) is 1. The van der Waals surface area contributed by atoms with Crippen LogP contribution in [0, 0.1) is 24.0 Å². The van der Waals surface area contributed by atoms with Crippen molar-refractivity contribution in [1.29, 1.82) is 0 Å². The van der Waals surface area contributed by atoms with Gasteiger partial charge in [-0.25, -0.2) is 0 Å². The zero-order valence-corrected chi connectivity index (χ0v) is 11.8. The Labute approximate surface area is 117 Å². The molecule has 5 heteroatoms. The molecule has 5 nitrogen and oxygen atoms in total. The third kappa shape index (κ3) is 3.05. The third-order valence-corrected chi connectivity index (χ3v) is 3.39. The Morgan fingerprint density at radius 2 is 1.95 bits per heavy atom. The lowest BCUT2D eigenvalue weighted by Gasteiger charge is -2.15. The topological polar surface area (TPSA) is 68.3 Å². The smallest absolute Gasteiger partial charge is 0.269 e. The highest BCUT2D eigenvalue weighted by Crippen LogP contribution is 2.25. The molecule has 1 heterocycles. The Balaban J connectivity index is 2.18. The van der Waals surface area contributed by atoms with Crippen LogP contribution in [0.4, 0.5) is 5.69 Å². The highest BCUT2D eigenvalue weighted by molar-refractivity contribution is 5.34. The van der Waals surface area contributed by atoms with Gasteiger partial charge in [0.2, 0.25) is 0 Å². The lowest BCUT2D eigenvalue weighted by molar-refractivity contribution is -0.384. The summed E-state index contributed by atoms with van der Waals surface area (Å²) in [6, 6.07) is 8.83. The van der Waals surface area contributed by atoms with Crippen molar-refractivity contribution in [3.05, 3.63) is 63.1 Å². The van der Waals surface area contributed by atoms with Gasteiger partial charge in [0.15, 0.2) is 0 Å². The first-order chi connectivity index (χ1) is 9.51. The zero-order valence-electron chi connectivity index (χ0n) is 11.8. The van der Waals surface area contributed by atoms with Crippen molar-refractivity contribution >= 4 is 5.69 Å². The van der Waals surface area contributed by atoms with Crippen LogP contribution in [0.25, 0.3) is 0 Å². The van der Waals surface area contributed by atoms with E-state index in [0.717, 1.165) is 29.1 Å². The lowest BCUT2D eigenvalue weighted by atomic mass is 9.99. The first kappa shape index (κ1) is 14.3. The van der Waals surface area contributed by atoms with E-state index in [1.165, 1.54) is 12.1 Å². The molecule has 2 aromatic rings. The monoisotopic (exact) mass is 274 g/mol. The molecular weight excluding hydrogens is 256 g/mol. The molecule has 0 saturated heterocycles. The number of nitrogens with zero attached hydrogens (tertiary/aromatic N) is 1. The molecule has 0 aliphatic carbocycles. The average molecular weight is 274 g/mol. The second-order valence-electron chi connectivity index (χ2n) is 4.84. The minimum atomic E-state index is -0.386. The standard InChI is InChI=1S/C15H18N2O3/c1-10-8-14(11(2)20-10)15(16-3)9-12-4-6-13(7-5-12)17(18)19/h4-8,15-16H,9H2,1-3H3. The number of nitrogens with one attached hydrogen (secondary N) is 1. The van der Waals surface area contributed by atoms with E-state index in [0.29, 0.717) is 0 Å². The molecule has 20 heavy (non-hydrogen) atoms. The maximum atomic E-state index is 10.6.